The number of aromatic nitrogens is 2. The van der Waals surface area contributed by atoms with Crippen molar-refractivity contribution in [2.75, 3.05) is 52.5 Å². The summed E-state index contributed by atoms with van der Waals surface area (Å²) in [5.74, 6) is 1.69. The Morgan fingerprint density at radius 3 is 2.85 bits per heavy atom. The van der Waals surface area contributed by atoms with E-state index in [0.717, 1.165) is 58.4 Å². The minimum atomic E-state index is 0.445. The summed E-state index contributed by atoms with van der Waals surface area (Å²) < 4.78 is 7.71. The lowest BCUT2D eigenvalue weighted by Gasteiger charge is -2.39. The molecule has 2 fully saturated rings. The molecule has 3 unspecified atom stereocenters. The number of imidazole rings is 1. The number of piperidine rings is 1. The van der Waals surface area contributed by atoms with Gasteiger partial charge in [0.15, 0.2) is 5.96 Å². The van der Waals surface area contributed by atoms with Crippen LogP contribution in [0.25, 0.3) is 0 Å². The fourth-order valence-electron chi connectivity index (χ4n) is 3.87. The zero-order chi connectivity index (χ0) is 18.4. The zero-order valence-electron chi connectivity index (χ0n) is 16.5. The lowest BCUT2D eigenvalue weighted by Crippen LogP contribution is -2.49. The first-order valence-electron chi connectivity index (χ1n) is 10.0. The summed E-state index contributed by atoms with van der Waals surface area (Å²) in [6.07, 6.45) is 7.06. The van der Waals surface area contributed by atoms with Gasteiger partial charge in [-0.1, -0.05) is 6.92 Å². The summed E-state index contributed by atoms with van der Waals surface area (Å²) in [6.45, 7) is 14.2. The molecule has 0 saturated carbocycles. The van der Waals surface area contributed by atoms with Crippen LogP contribution in [0.4, 0.5) is 0 Å². The molecule has 146 valence electrons. The second kappa shape index (κ2) is 9.37. The highest BCUT2D eigenvalue weighted by Crippen LogP contribution is 2.27. The Hall–Kier alpha value is -1.60. The van der Waals surface area contributed by atoms with Gasteiger partial charge in [-0.3, -0.25) is 9.89 Å². The molecule has 7 nitrogen and oxygen atoms in total. The normalized spacial score (nSPS) is 26.7. The first-order chi connectivity index (χ1) is 12.7. The molecule has 3 heterocycles. The van der Waals surface area contributed by atoms with Crippen molar-refractivity contribution in [1.82, 2.24) is 24.7 Å². The van der Waals surface area contributed by atoms with Gasteiger partial charge >= 0.3 is 0 Å². The molecule has 0 spiro atoms. The molecule has 0 bridgehead atoms. The molecule has 1 aromatic heterocycles. The first-order valence-corrected chi connectivity index (χ1v) is 10.0. The van der Waals surface area contributed by atoms with Gasteiger partial charge in [-0.25, -0.2) is 4.98 Å². The van der Waals surface area contributed by atoms with Crippen molar-refractivity contribution in [1.29, 1.82) is 0 Å². The van der Waals surface area contributed by atoms with E-state index < -0.39 is 0 Å². The second-order valence-electron chi connectivity index (χ2n) is 7.48. The van der Waals surface area contributed by atoms with E-state index in [1.54, 1.807) is 0 Å². The van der Waals surface area contributed by atoms with Gasteiger partial charge in [0.2, 0.25) is 0 Å². The first kappa shape index (κ1) is 19.2. The van der Waals surface area contributed by atoms with E-state index in [4.69, 9.17) is 9.73 Å². The number of guanidine groups is 1. The van der Waals surface area contributed by atoms with Crippen molar-refractivity contribution in [3.63, 3.8) is 0 Å². The fourth-order valence-corrected chi connectivity index (χ4v) is 3.87. The predicted molar refractivity (Wildman–Crippen MR) is 104 cm³/mol. The van der Waals surface area contributed by atoms with Crippen molar-refractivity contribution in [2.45, 2.75) is 39.3 Å². The van der Waals surface area contributed by atoms with Gasteiger partial charge in [0.25, 0.3) is 0 Å². The van der Waals surface area contributed by atoms with E-state index >= 15 is 0 Å². The molecule has 2 aliphatic heterocycles. The molecule has 0 radical (unpaired) electrons. The van der Waals surface area contributed by atoms with E-state index in [1.807, 2.05) is 12.5 Å². The average molecular weight is 363 g/mol. The number of nitrogens with one attached hydrogen (secondary N) is 1. The van der Waals surface area contributed by atoms with E-state index in [1.165, 1.54) is 6.42 Å². The van der Waals surface area contributed by atoms with Crippen LogP contribution in [0.15, 0.2) is 23.7 Å². The standard InChI is InChI=1S/C19H34N6O/c1-4-21-19(22-13-17(3)23-9-11-26-12-10-23)24-7-5-16(2)18(14-24)25-8-6-20-15-25/h6,8,15-18H,4-5,7,9-14H2,1-3H3,(H,21,22). The minimum Gasteiger partial charge on any atom is -0.379 e. The number of hydrogen-bond donors (Lipinski definition) is 1. The van der Waals surface area contributed by atoms with Gasteiger partial charge in [0, 0.05) is 51.2 Å². The fraction of sp³-hybridized carbons (Fsp3) is 0.789. The lowest BCUT2D eigenvalue weighted by atomic mass is 9.93. The zero-order valence-corrected chi connectivity index (χ0v) is 16.5. The number of nitrogens with zero attached hydrogens (tertiary/aromatic N) is 5. The third-order valence-electron chi connectivity index (χ3n) is 5.64. The maximum absolute atomic E-state index is 5.46. The molecular formula is C19H34N6O. The molecule has 0 aliphatic carbocycles. The summed E-state index contributed by atoms with van der Waals surface area (Å²) in [5.41, 5.74) is 0. The molecule has 1 aromatic rings. The van der Waals surface area contributed by atoms with Crippen LogP contribution in [0.3, 0.4) is 0 Å². The van der Waals surface area contributed by atoms with Crippen molar-refractivity contribution < 1.29 is 4.74 Å². The SMILES string of the molecule is CCNC(=NCC(C)N1CCOCC1)N1CCC(C)C(n2ccnc2)C1. The second-order valence-corrected chi connectivity index (χ2v) is 7.48. The number of likely N-dealkylation sites (tertiary alicyclic amines) is 1. The van der Waals surface area contributed by atoms with Crippen LogP contribution < -0.4 is 5.32 Å². The van der Waals surface area contributed by atoms with Crippen LogP contribution in [-0.2, 0) is 4.74 Å². The van der Waals surface area contributed by atoms with Crippen LogP contribution in [0.2, 0.25) is 0 Å². The quantitative estimate of drug-likeness (QED) is 0.635. The van der Waals surface area contributed by atoms with E-state index in [2.05, 4.69) is 51.6 Å². The number of morpholine rings is 1. The molecule has 0 aromatic carbocycles. The van der Waals surface area contributed by atoms with Gasteiger partial charge in [-0.05, 0) is 26.2 Å². The van der Waals surface area contributed by atoms with Gasteiger partial charge in [-0.2, -0.15) is 0 Å². The number of rotatable bonds is 5. The Morgan fingerprint density at radius 1 is 1.35 bits per heavy atom. The molecule has 3 atom stereocenters. The Balaban J connectivity index is 1.64. The Morgan fingerprint density at radius 2 is 2.15 bits per heavy atom. The van der Waals surface area contributed by atoms with Crippen LogP contribution in [-0.4, -0.2) is 83.8 Å². The third kappa shape index (κ3) is 4.76. The number of aliphatic imine (C=N–C) groups is 1. The van der Waals surface area contributed by atoms with Crippen LogP contribution in [0.5, 0.6) is 0 Å². The summed E-state index contributed by atoms with van der Waals surface area (Å²) in [5, 5.41) is 3.50. The van der Waals surface area contributed by atoms with Crippen LogP contribution in [0, 0.1) is 5.92 Å². The lowest BCUT2D eigenvalue weighted by molar-refractivity contribution is 0.0220. The smallest absolute Gasteiger partial charge is 0.194 e. The van der Waals surface area contributed by atoms with Crippen molar-refractivity contribution >= 4 is 5.96 Å². The van der Waals surface area contributed by atoms with Gasteiger partial charge in [0.1, 0.15) is 0 Å². The van der Waals surface area contributed by atoms with Crippen LogP contribution in [0.1, 0.15) is 33.2 Å². The highest BCUT2D eigenvalue weighted by atomic mass is 16.5. The maximum atomic E-state index is 5.46. The molecule has 0 amide bonds. The summed E-state index contributed by atoms with van der Waals surface area (Å²) in [7, 11) is 0. The van der Waals surface area contributed by atoms with E-state index in [-0.39, 0.29) is 0 Å². The summed E-state index contributed by atoms with van der Waals surface area (Å²) >= 11 is 0. The predicted octanol–water partition coefficient (Wildman–Crippen LogP) is 1.45. The van der Waals surface area contributed by atoms with E-state index in [9.17, 15) is 0 Å². The Bertz CT molecular complexity index is 554. The van der Waals surface area contributed by atoms with Crippen molar-refractivity contribution in [3.05, 3.63) is 18.7 Å². The van der Waals surface area contributed by atoms with Gasteiger partial charge in [-0.15, -0.1) is 0 Å². The van der Waals surface area contributed by atoms with E-state index in [0.29, 0.717) is 18.0 Å². The topological polar surface area (TPSA) is 57.9 Å². The largest absolute Gasteiger partial charge is 0.379 e. The third-order valence-corrected chi connectivity index (χ3v) is 5.64. The maximum Gasteiger partial charge on any atom is 0.194 e. The highest BCUT2D eigenvalue weighted by Gasteiger charge is 2.29. The van der Waals surface area contributed by atoms with Gasteiger partial charge in [0.05, 0.1) is 32.1 Å². The molecule has 3 rings (SSSR count). The number of hydrogen-bond acceptors (Lipinski definition) is 4. The van der Waals surface area contributed by atoms with Crippen molar-refractivity contribution in [2.24, 2.45) is 10.9 Å². The van der Waals surface area contributed by atoms with Crippen LogP contribution >= 0.6 is 0 Å². The Kier molecular flexibility index (Phi) is 6.91. The molecular weight excluding hydrogens is 328 g/mol. The molecule has 2 aliphatic rings. The highest BCUT2D eigenvalue weighted by molar-refractivity contribution is 5.80. The summed E-state index contributed by atoms with van der Waals surface area (Å²) in [4.78, 5) is 14.1. The molecule has 2 saturated heterocycles. The average Bonchev–Trinajstić information content (AvgIpc) is 3.20. The van der Waals surface area contributed by atoms with Crippen molar-refractivity contribution in [3.8, 4) is 0 Å². The molecule has 1 N–H and O–H groups in total. The minimum absolute atomic E-state index is 0.445. The van der Waals surface area contributed by atoms with Gasteiger partial charge < -0.3 is 19.5 Å². The molecule has 26 heavy (non-hydrogen) atoms. The summed E-state index contributed by atoms with van der Waals surface area (Å²) in [6, 6.07) is 0.896. The molecule has 7 heteroatoms. The Labute approximate surface area is 157 Å². The number of ether oxygens (including phenoxy) is 1. The monoisotopic (exact) mass is 362 g/mol.